The van der Waals surface area contributed by atoms with E-state index < -0.39 is 0 Å². The Morgan fingerprint density at radius 3 is 2.73 bits per heavy atom. The van der Waals surface area contributed by atoms with Gasteiger partial charge in [0.1, 0.15) is 11.6 Å². The summed E-state index contributed by atoms with van der Waals surface area (Å²) in [6.45, 7) is 1.85. The molecule has 0 atom stereocenters. The predicted octanol–water partition coefficient (Wildman–Crippen LogP) is 5.64. The number of thiazole rings is 1. The first kappa shape index (κ1) is 18.1. The SMILES string of the molecule is Cc1[nH]c2ccccc2c1C(=O)/C(C#N)=C/c1c(-c2ccccc2)nc2sccn12. The highest BCUT2D eigenvalue weighted by molar-refractivity contribution is 7.15. The minimum absolute atomic E-state index is 0.0769. The molecule has 0 fully saturated rings. The van der Waals surface area contributed by atoms with Gasteiger partial charge >= 0.3 is 0 Å². The zero-order valence-corrected chi connectivity index (χ0v) is 16.9. The standard InChI is InChI=1S/C24H16N4OS/c1-15-21(18-9-5-6-10-19(18)26-15)23(29)17(14-25)13-20-22(16-7-3-2-4-8-16)27-24-28(20)11-12-30-24/h2-13,26H,1H3/b17-13+. The van der Waals surface area contributed by atoms with Gasteiger partial charge in [0.25, 0.3) is 0 Å². The average Bonchev–Trinajstić information content (AvgIpc) is 3.44. The number of nitrogens with zero attached hydrogens (tertiary/aromatic N) is 3. The van der Waals surface area contributed by atoms with E-state index in [9.17, 15) is 10.1 Å². The molecule has 0 unspecified atom stereocenters. The van der Waals surface area contributed by atoms with Crippen molar-refractivity contribution >= 4 is 39.1 Å². The number of benzene rings is 2. The van der Waals surface area contributed by atoms with Crippen molar-refractivity contribution in [1.82, 2.24) is 14.4 Å². The van der Waals surface area contributed by atoms with Crippen molar-refractivity contribution < 1.29 is 4.79 Å². The van der Waals surface area contributed by atoms with Crippen LogP contribution in [-0.2, 0) is 0 Å². The molecule has 0 saturated carbocycles. The largest absolute Gasteiger partial charge is 0.358 e. The smallest absolute Gasteiger partial charge is 0.206 e. The summed E-state index contributed by atoms with van der Waals surface area (Å²) in [5.74, 6) is -0.295. The number of rotatable bonds is 4. The van der Waals surface area contributed by atoms with Gasteiger partial charge in [0, 0.05) is 33.7 Å². The Bertz CT molecular complexity index is 1480. The summed E-state index contributed by atoms with van der Waals surface area (Å²) in [4.78, 5) is 22.2. The van der Waals surface area contributed by atoms with Crippen molar-refractivity contribution in [2.45, 2.75) is 6.92 Å². The minimum atomic E-state index is -0.295. The van der Waals surface area contributed by atoms with E-state index >= 15 is 0 Å². The fourth-order valence-electron chi connectivity index (χ4n) is 3.74. The second-order valence-electron chi connectivity index (χ2n) is 6.94. The van der Waals surface area contributed by atoms with E-state index in [4.69, 9.17) is 4.98 Å². The highest BCUT2D eigenvalue weighted by Gasteiger charge is 2.22. The number of hydrogen-bond acceptors (Lipinski definition) is 4. The molecule has 5 aromatic rings. The van der Waals surface area contributed by atoms with Gasteiger partial charge in [0.05, 0.1) is 17.0 Å². The molecule has 5 rings (SSSR count). The van der Waals surface area contributed by atoms with Gasteiger partial charge in [-0.25, -0.2) is 4.98 Å². The second kappa shape index (κ2) is 7.14. The topological polar surface area (TPSA) is 73.9 Å². The number of para-hydroxylation sites is 1. The van der Waals surface area contributed by atoms with E-state index in [0.29, 0.717) is 5.56 Å². The third-order valence-electron chi connectivity index (χ3n) is 5.11. The molecule has 6 heteroatoms. The first-order valence-electron chi connectivity index (χ1n) is 9.42. The van der Waals surface area contributed by atoms with Gasteiger partial charge in [-0.1, -0.05) is 48.5 Å². The lowest BCUT2D eigenvalue weighted by Gasteiger charge is -2.03. The number of nitrogens with one attached hydrogen (secondary N) is 1. The monoisotopic (exact) mass is 408 g/mol. The normalized spacial score (nSPS) is 11.8. The fourth-order valence-corrected chi connectivity index (χ4v) is 4.46. The van der Waals surface area contributed by atoms with Gasteiger partial charge in [0.2, 0.25) is 5.78 Å². The van der Waals surface area contributed by atoms with Gasteiger partial charge in [0.15, 0.2) is 4.96 Å². The molecule has 0 saturated heterocycles. The van der Waals surface area contributed by atoms with Gasteiger partial charge in [-0.05, 0) is 19.1 Å². The van der Waals surface area contributed by atoms with Crippen molar-refractivity contribution in [1.29, 1.82) is 5.26 Å². The maximum atomic E-state index is 13.4. The number of carbonyl (C=O) groups excluding carboxylic acids is 1. The molecule has 3 aromatic heterocycles. The highest BCUT2D eigenvalue weighted by Crippen LogP contribution is 2.30. The fraction of sp³-hybridized carbons (Fsp3) is 0.0417. The van der Waals surface area contributed by atoms with E-state index in [1.54, 1.807) is 6.08 Å². The van der Waals surface area contributed by atoms with Crippen LogP contribution in [0.4, 0.5) is 0 Å². The number of carbonyl (C=O) groups is 1. The van der Waals surface area contributed by atoms with E-state index in [2.05, 4.69) is 11.1 Å². The van der Waals surface area contributed by atoms with Crippen molar-refractivity contribution in [2.75, 3.05) is 0 Å². The summed E-state index contributed by atoms with van der Waals surface area (Å²) >= 11 is 1.51. The first-order chi connectivity index (χ1) is 14.7. The van der Waals surface area contributed by atoms with Crippen molar-refractivity contribution in [2.24, 2.45) is 0 Å². The van der Waals surface area contributed by atoms with Gasteiger partial charge < -0.3 is 4.98 Å². The summed E-state index contributed by atoms with van der Waals surface area (Å²) in [5, 5.41) is 12.6. The quantitative estimate of drug-likeness (QED) is 0.237. The lowest BCUT2D eigenvalue weighted by Crippen LogP contribution is -2.04. The molecular formula is C24H16N4OS. The maximum Gasteiger partial charge on any atom is 0.206 e. The summed E-state index contributed by atoms with van der Waals surface area (Å²) in [5.41, 5.74) is 4.65. The Kier molecular flexibility index (Phi) is 4.31. The maximum absolute atomic E-state index is 13.4. The molecule has 1 N–H and O–H groups in total. The predicted molar refractivity (Wildman–Crippen MR) is 119 cm³/mol. The number of aromatic nitrogens is 3. The number of H-pyrrole nitrogens is 1. The Hall–Kier alpha value is -3.95. The molecule has 0 spiro atoms. The summed E-state index contributed by atoms with van der Waals surface area (Å²) in [6.07, 6.45) is 3.56. The van der Waals surface area contributed by atoms with Crippen LogP contribution in [0.2, 0.25) is 0 Å². The van der Waals surface area contributed by atoms with Crippen LogP contribution in [0.1, 0.15) is 21.7 Å². The number of ketones is 1. The van der Waals surface area contributed by atoms with Crippen molar-refractivity contribution in [3.05, 3.63) is 88.7 Å². The molecule has 5 nitrogen and oxygen atoms in total. The third-order valence-corrected chi connectivity index (χ3v) is 5.87. The Balaban J connectivity index is 1.69. The Morgan fingerprint density at radius 2 is 1.93 bits per heavy atom. The van der Waals surface area contributed by atoms with E-state index in [0.717, 1.165) is 38.5 Å². The average molecular weight is 408 g/mol. The molecule has 0 radical (unpaired) electrons. The number of Topliss-reactive ketones (excluding diaryl/α,β-unsaturated/α-hetero) is 1. The molecule has 0 aliphatic carbocycles. The summed E-state index contributed by atoms with van der Waals surface area (Å²) in [6, 6.07) is 19.5. The lowest BCUT2D eigenvalue weighted by molar-refractivity contribution is 0.104. The van der Waals surface area contributed by atoms with Crippen LogP contribution in [0.5, 0.6) is 0 Å². The van der Waals surface area contributed by atoms with Crippen LogP contribution in [0, 0.1) is 18.3 Å². The molecule has 0 aliphatic rings. The van der Waals surface area contributed by atoms with Crippen LogP contribution in [0.15, 0.2) is 71.7 Å². The number of fused-ring (bicyclic) bond motifs is 2. The van der Waals surface area contributed by atoms with Gasteiger partial charge in [-0.15, -0.1) is 11.3 Å². The number of allylic oxidation sites excluding steroid dienone is 1. The van der Waals surface area contributed by atoms with Crippen molar-refractivity contribution in [3.63, 3.8) is 0 Å². The van der Waals surface area contributed by atoms with E-state index in [1.165, 1.54) is 11.3 Å². The third kappa shape index (κ3) is 2.84. The molecule has 2 aromatic carbocycles. The van der Waals surface area contributed by atoms with Crippen LogP contribution in [0.25, 0.3) is 33.2 Å². The van der Waals surface area contributed by atoms with E-state index in [-0.39, 0.29) is 11.4 Å². The zero-order chi connectivity index (χ0) is 20.7. The zero-order valence-electron chi connectivity index (χ0n) is 16.1. The summed E-state index contributed by atoms with van der Waals surface area (Å²) < 4.78 is 1.92. The number of aryl methyl sites for hydroxylation is 1. The minimum Gasteiger partial charge on any atom is -0.358 e. The molecule has 30 heavy (non-hydrogen) atoms. The van der Waals surface area contributed by atoms with Crippen LogP contribution >= 0.6 is 11.3 Å². The second-order valence-corrected chi connectivity index (χ2v) is 7.81. The number of aromatic amines is 1. The molecular weight excluding hydrogens is 392 g/mol. The molecule has 0 bridgehead atoms. The van der Waals surface area contributed by atoms with Crippen molar-refractivity contribution in [3.8, 4) is 17.3 Å². The highest BCUT2D eigenvalue weighted by atomic mass is 32.1. The summed E-state index contributed by atoms with van der Waals surface area (Å²) in [7, 11) is 0. The molecule has 0 aliphatic heterocycles. The number of hydrogen-bond donors (Lipinski definition) is 1. The number of imidazole rings is 1. The Morgan fingerprint density at radius 1 is 1.17 bits per heavy atom. The molecule has 0 amide bonds. The molecule has 3 heterocycles. The van der Waals surface area contributed by atoms with Gasteiger partial charge in [-0.2, -0.15) is 5.26 Å². The van der Waals surface area contributed by atoms with E-state index in [1.807, 2.05) is 77.5 Å². The molecule has 144 valence electrons. The van der Waals surface area contributed by atoms with Crippen LogP contribution in [-0.4, -0.2) is 20.2 Å². The van der Waals surface area contributed by atoms with Crippen LogP contribution < -0.4 is 0 Å². The number of nitriles is 1. The Labute approximate surface area is 176 Å². The lowest BCUT2D eigenvalue weighted by atomic mass is 9.99. The first-order valence-corrected chi connectivity index (χ1v) is 10.3. The van der Waals surface area contributed by atoms with Crippen LogP contribution in [0.3, 0.4) is 0 Å². The van der Waals surface area contributed by atoms with Gasteiger partial charge in [-0.3, -0.25) is 9.20 Å².